The molecule has 0 aliphatic carbocycles. The second-order valence-corrected chi connectivity index (χ2v) is 9.59. The third kappa shape index (κ3) is 3.11. The SMILES string of the molecule is C=C=C1[C@H](O)C[C@@H](CC(C)C)O[Si]1(CC)CC. The lowest BCUT2D eigenvalue weighted by Crippen LogP contribution is -2.52. The van der Waals surface area contributed by atoms with Gasteiger partial charge in [0.05, 0.1) is 6.10 Å². The van der Waals surface area contributed by atoms with Gasteiger partial charge in [-0.1, -0.05) is 34.3 Å². The first-order chi connectivity index (χ1) is 7.99. The molecule has 1 saturated heterocycles. The summed E-state index contributed by atoms with van der Waals surface area (Å²) in [6.07, 6.45) is 1.59. The molecule has 1 fully saturated rings. The Kier molecular flexibility index (Phi) is 5.20. The van der Waals surface area contributed by atoms with Crippen molar-refractivity contribution in [2.24, 2.45) is 5.92 Å². The van der Waals surface area contributed by atoms with E-state index in [0.29, 0.717) is 12.3 Å². The number of aliphatic hydroxyl groups is 1. The van der Waals surface area contributed by atoms with Crippen LogP contribution in [0.5, 0.6) is 0 Å². The van der Waals surface area contributed by atoms with Gasteiger partial charge in [-0.15, -0.1) is 5.73 Å². The number of rotatable bonds is 4. The van der Waals surface area contributed by atoms with Crippen LogP contribution in [0.3, 0.4) is 0 Å². The van der Waals surface area contributed by atoms with Crippen LogP contribution in [0.25, 0.3) is 0 Å². The molecule has 1 heterocycles. The Bertz CT molecular complexity index is 301. The van der Waals surface area contributed by atoms with Crippen molar-refractivity contribution in [3.63, 3.8) is 0 Å². The predicted octanol–water partition coefficient (Wildman–Crippen LogP) is 3.42. The molecule has 0 aromatic rings. The third-order valence-electron chi connectivity index (χ3n) is 3.77. The highest BCUT2D eigenvalue weighted by Gasteiger charge is 2.45. The van der Waals surface area contributed by atoms with Crippen molar-refractivity contribution in [1.29, 1.82) is 0 Å². The standard InChI is InChI=1S/C14H26O2Si/c1-6-14-13(15)10-12(9-11(4)5)16-17(14,7-2)8-3/h11-13,15H,1,7-10H2,2-5H3/t12-,13-/m1/s1. The molecule has 0 aromatic carbocycles. The maximum absolute atomic E-state index is 10.3. The van der Waals surface area contributed by atoms with Crippen LogP contribution in [-0.4, -0.2) is 25.6 Å². The van der Waals surface area contributed by atoms with E-state index in [-0.39, 0.29) is 12.2 Å². The second-order valence-electron chi connectivity index (χ2n) is 5.41. The molecule has 2 atom stereocenters. The van der Waals surface area contributed by atoms with Crippen LogP contribution in [0, 0.1) is 5.92 Å². The minimum atomic E-state index is -1.96. The van der Waals surface area contributed by atoms with E-state index in [1.807, 2.05) is 0 Å². The minimum absolute atomic E-state index is 0.216. The first-order valence-corrected chi connectivity index (χ1v) is 9.07. The Morgan fingerprint density at radius 3 is 2.47 bits per heavy atom. The van der Waals surface area contributed by atoms with E-state index in [2.05, 4.69) is 40.0 Å². The maximum Gasteiger partial charge on any atom is 0.230 e. The van der Waals surface area contributed by atoms with Gasteiger partial charge in [-0.3, -0.25) is 0 Å². The van der Waals surface area contributed by atoms with E-state index < -0.39 is 8.32 Å². The predicted molar refractivity (Wildman–Crippen MR) is 74.3 cm³/mol. The molecule has 0 spiro atoms. The van der Waals surface area contributed by atoms with Gasteiger partial charge < -0.3 is 9.53 Å². The fourth-order valence-corrected chi connectivity index (χ4v) is 6.45. The fraction of sp³-hybridized carbons (Fsp3) is 0.786. The molecule has 1 aliphatic heterocycles. The molecule has 0 saturated carbocycles. The molecule has 2 nitrogen and oxygen atoms in total. The third-order valence-corrected chi connectivity index (χ3v) is 8.33. The Balaban J connectivity index is 2.94. The number of hydrogen-bond acceptors (Lipinski definition) is 2. The van der Waals surface area contributed by atoms with Crippen LogP contribution in [0.15, 0.2) is 17.5 Å². The summed E-state index contributed by atoms with van der Waals surface area (Å²) in [6, 6.07) is 2.01. The second kappa shape index (κ2) is 6.01. The molecular weight excluding hydrogens is 228 g/mol. The van der Waals surface area contributed by atoms with E-state index >= 15 is 0 Å². The topological polar surface area (TPSA) is 29.5 Å². The molecule has 0 bridgehead atoms. The van der Waals surface area contributed by atoms with E-state index in [4.69, 9.17) is 4.43 Å². The highest BCUT2D eigenvalue weighted by Crippen LogP contribution is 2.37. The summed E-state index contributed by atoms with van der Waals surface area (Å²) in [4.78, 5) is 0. The van der Waals surface area contributed by atoms with Crippen LogP contribution in [0.2, 0.25) is 12.1 Å². The summed E-state index contributed by atoms with van der Waals surface area (Å²) in [7, 11) is -1.96. The Labute approximate surface area is 107 Å². The van der Waals surface area contributed by atoms with Crippen LogP contribution < -0.4 is 0 Å². The minimum Gasteiger partial charge on any atom is -0.409 e. The molecule has 0 radical (unpaired) electrons. The molecule has 0 aromatic heterocycles. The summed E-state index contributed by atoms with van der Waals surface area (Å²) in [6.45, 7) is 12.5. The lowest BCUT2D eigenvalue weighted by Gasteiger charge is -2.42. The molecule has 98 valence electrons. The summed E-state index contributed by atoms with van der Waals surface area (Å²) >= 11 is 0. The summed E-state index contributed by atoms with van der Waals surface area (Å²) in [5.41, 5.74) is 2.97. The van der Waals surface area contributed by atoms with Crippen molar-refractivity contribution < 1.29 is 9.53 Å². The van der Waals surface area contributed by atoms with E-state index in [1.54, 1.807) is 0 Å². The number of hydrogen-bond donors (Lipinski definition) is 1. The van der Waals surface area contributed by atoms with Crippen molar-refractivity contribution in [2.45, 2.75) is 64.8 Å². The average Bonchev–Trinajstić information content (AvgIpc) is 2.27. The van der Waals surface area contributed by atoms with Gasteiger partial charge in [-0.2, -0.15) is 0 Å². The zero-order chi connectivity index (χ0) is 13.1. The molecule has 17 heavy (non-hydrogen) atoms. The largest absolute Gasteiger partial charge is 0.409 e. The fourth-order valence-electron chi connectivity index (χ4n) is 2.85. The molecular formula is C14H26O2Si. The van der Waals surface area contributed by atoms with Gasteiger partial charge >= 0.3 is 0 Å². The van der Waals surface area contributed by atoms with Crippen molar-refractivity contribution in [2.75, 3.05) is 0 Å². The van der Waals surface area contributed by atoms with E-state index in [9.17, 15) is 5.11 Å². The van der Waals surface area contributed by atoms with E-state index in [0.717, 1.165) is 23.7 Å². The van der Waals surface area contributed by atoms with Crippen molar-refractivity contribution in [1.82, 2.24) is 0 Å². The Hall–Kier alpha value is -0.343. The van der Waals surface area contributed by atoms with Gasteiger partial charge in [0.15, 0.2) is 0 Å². The lowest BCUT2D eigenvalue weighted by molar-refractivity contribution is 0.0731. The highest BCUT2D eigenvalue weighted by atomic mass is 28.4. The highest BCUT2D eigenvalue weighted by molar-refractivity contribution is 6.81. The van der Waals surface area contributed by atoms with Crippen molar-refractivity contribution >= 4 is 8.32 Å². The van der Waals surface area contributed by atoms with E-state index in [1.165, 1.54) is 0 Å². The van der Waals surface area contributed by atoms with Crippen molar-refractivity contribution in [3.05, 3.63) is 17.5 Å². The molecule has 0 unspecified atom stereocenters. The summed E-state index contributed by atoms with van der Waals surface area (Å²) in [5.74, 6) is 0.613. The molecule has 1 N–H and O–H groups in total. The van der Waals surface area contributed by atoms with Crippen LogP contribution in [0.4, 0.5) is 0 Å². The van der Waals surface area contributed by atoms with Crippen LogP contribution >= 0.6 is 0 Å². The molecule has 1 rings (SSSR count). The number of aliphatic hydroxyl groups excluding tert-OH is 1. The van der Waals surface area contributed by atoms with Gasteiger partial charge in [0.25, 0.3) is 0 Å². The summed E-state index contributed by atoms with van der Waals surface area (Å²) < 4.78 is 6.40. The molecule has 3 heteroatoms. The van der Waals surface area contributed by atoms with Gasteiger partial charge in [0.2, 0.25) is 8.32 Å². The zero-order valence-corrected chi connectivity index (χ0v) is 12.6. The molecule has 0 amide bonds. The Morgan fingerprint density at radius 2 is 2.06 bits per heavy atom. The van der Waals surface area contributed by atoms with Crippen LogP contribution in [0.1, 0.15) is 40.5 Å². The van der Waals surface area contributed by atoms with Crippen molar-refractivity contribution in [3.8, 4) is 0 Å². The average molecular weight is 254 g/mol. The smallest absolute Gasteiger partial charge is 0.230 e. The first kappa shape index (κ1) is 14.7. The lowest BCUT2D eigenvalue weighted by atomic mass is 10.0. The van der Waals surface area contributed by atoms with Crippen LogP contribution in [-0.2, 0) is 4.43 Å². The Morgan fingerprint density at radius 1 is 1.47 bits per heavy atom. The van der Waals surface area contributed by atoms with Gasteiger partial charge in [-0.25, -0.2) is 0 Å². The first-order valence-electron chi connectivity index (χ1n) is 6.75. The monoisotopic (exact) mass is 254 g/mol. The maximum atomic E-state index is 10.3. The molecule has 1 aliphatic rings. The zero-order valence-electron chi connectivity index (χ0n) is 11.6. The van der Waals surface area contributed by atoms with Gasteiger partial charge in [0.1, 0.15) is 0 Å². The quantitative estimate of drug-likeness (QED) is 0.615. The van der Waals surface area contributed by atoms with Gasteiger partial charge in [-0.05, 0) is 24.4 Å². The van der Waals surface area contributed by atoms with Gasteiger partial charge in [0, 0.05) is 17.7 Å². The normalized spacial score (nSPS) is 28.2. The summed E-state index contributed by atoms with van der Waals surface area (Å²) in [5, 5.41) is 11.3.